The predicted octanol–water partition coefficient (Wildman–Crippen LogP) is 2.86. The third kappa shape index (κ3) is 5.22. The van der Waals surface area contributed by atoms with Crippen LogP contribution in [-0.4, -0.2) is 46.2 Å². The quantitative estimate of drug-likeness (QED) is 0.725. The summed E-state index contributed by atoms with van der Waals surface area (Å²) in [5.74, 6) is 1.00. The Morgan fingerprint density at radius 3 is 2.67 bits per heavy atom. The van der Waals surface area contributed by atoms with Gasteiger partial charge in [-0.2, -0.15) is 0 Å². The van der Waals surface area contributed by atoms with Crippen LogP contribution in [0, 0.1) is 0 Å². The highest BCUT2D eigenvalue weighted by molar-refractivity contribution is 7.99. The second kappa shape index (κ2) is 9.05. The zero-order chi connectivity index (χ0) is 17.5. The summed E-state index contributed by atoms with van der Waals surface area (Å²) in [5, 5.41) is 12.7. The van der Waals surface area contributed by atoms with Gasteiger partial charge < -0.3 is 10.1 Å². The van der Waals surface area contributed by atoms with Crippen LogP contribution in [0.1, 0.15) is 13.8 Å². The van der Waals surface area contributed by atoms with E-state index in [9.17, 15) is 4.79 Å². The lowest BCUT2D eigenvalue weighted by molar-refractivity contribution is -0.119. The molecule has 1 heterocycles. The van der Waals surface area contributed by atoms with E-state index in [1.807, 2.05) is 42.7 Å². The number of halogens is 1. The second-order valence-corrected chi connectivity index (χ2v) is 6.85. The average molecular weight is 369 g/mol. The fourth-order valence-corrected chi connectivity index (χ4v) is 2.99. The van der Waals surface area contributed by atoms with Gasteiger partial charge in [0.25, 0.3) is 0 Å². The molecule has 0 bridgehead atoms. The number of hydrogen-bond acceptors (Lipinski definition) is 5. The topological polar surface area (TPSA) is 69.0 Å². The molecule has 6 nitrogen and oxygen atoms in total. The van der Waals surface area contributed by atoms with Crippen molar-refractivity contribution in [3.63, 3.8) is 0 Å². The number of thioether (sulfide) groups is 1. The van der Waals surface area contributed by atoms with E-state index in [1.165, 1.54) is 11.8 Å². The molecular formula is C16H21ClN4O2S. The summed E-state index contributed by atoms with van der Waals surface area (Å²) in [7, 11) is 1.65. The fourth-order valence-electron chi connectivity index (χ4n) is 2.09. The van der Waals surface area contributed by atoms with Crippen molar-refractivity contribution in [2.24, 2.45) is 0 Å². The Morgan fingerprint density at radius 1 is 1.33 bits per heavy atom. The molecule has 0 spiro atoms. The van der Waals surface area contributed by atoms with Crippen LogP contribution >= 0.6 is 23.4 Å². The van der Waals surface area contributed by atoms with Crippen molar-refractivity contribution in [1.82, 2.24) is 20.1 Å². The molecule has 0 saturated carbocycles. The van der Waals surface area contributed by atoms with Gasteiger partial charge in [-0.15, -0.1) is 10.2 Å². The molecule has 0 aliphatic heterocycles. The fraction of sp³-hybridized carbons (Fsp3) is 0.438. The van der Waals surface area contributed by atoms with Crippen molar-refractivity contribution < 1.29 is 9.53 Å². The van der Waals surface area contributed by atoms with E-state index in [2.05, 4.69) is 15.5 Å². The van der Waals surface area contributed by atoms with E-state index in [4.69, 9.17) is 16.3 Å². The molecule has 8 heteroatoms. The lowest BCUT2D eigenvalue weighted by atomic mass is 10.2. The largest absolute Gasteiger partial charge is 0.383 e. The van der Waals surface area contributed by atoms with Crippen LogP contribution in [0.15, 0.2) is 29.4 Å². The van der Waals surface area contributed by atoms with Gasteiger partial charge >= 0.3 is 0 Å². The summed E-state index contributed by atoms with van der Waals surface area (Å²) < 4.78 is 7.13. The number of ether oxygens (including phenoxy) is 1. The standard InChI is InChI=1S/C16H21ClN4O2S/c1-11(2)18-14(22)10-24-16-20-19-15(21(16)8-9-23-3)12-4-6-13(17)7-5-12/h4-7,11H,8-10H2,1-3H3,(H,18,22). The summed E-state index contributed by atoms with van der Waals surface area (Å²) in [6, 6.07) is 7.55. The van der Waals surface area contributed by atoms with Crippen LogP contribution < -0.4 is 5.32 Å². The molecule has 0 radical (unpaired) electrons. The minimum Gasteiger partial charge on any atom is -0.383 e. The first-order valence-electron chi connectivity index (χ1n) is 7.61. The molecule has 0 atom stereocenters. The number of aromatic nitrogens is 3. The number of methoxy groups -OCH3 is 1. The molecule has 2 aromatic rings. The van der Waals surface area contributed by atoms with E-state index in [-0.39, 0.29) is 11.9 Å². The van der Waals surface area contributed by atoms with Gasteiger partial charge in [-0.25, -0.2) is 0 Å². The number of amides is 1. The minimum atomic E-state index is -0.0238. The minimum absolute atomic E-state index is 0.0238. The maximum atomic E-state index is 11.8. The van der Waals surface area contributed by atoms with Crippen molar-refractivity contribution in [3.05, 3.63) is 29.3 Å². The molecular weight excluding hydrogens is 348 g/mol. The highest BCUT2D eigenvalue weighted by Crippen LogP contribution is 2.25. The first-order chi connectivity index (χ1) is 11.5. The molecule has 0 aliphatic rings. The molecule has 1 aromatic heterocycles. The Kier molecular flexibility index (Phi) is 7.08. The second-order valence-electron chi connectivity index (χ2n) is 5.47. The van der Waals surface area contributed by atoms with E-state index >= 15 is 0 Å². The maximum absolute atomic E-state index is 11.8. The number of carbonyl (C=O) groups is 1. The van der Waals surface area contributed by atoms with E-state index in [1.54, 1.807) is 7.11 Å². The summed E-state index contributed by atoms with van der Waals surface area (Å²) in [5.41, 5.74) is 0.918. The van der Waals surface area contributed by atoms with Gasteiger partial charge in [0.15, 0.2) is 11.0 Å². The summed E-state index contributed by atoms with van der Waals surface area (Å²) in [6.45, 7) is 5.00. The highest BCUT2D eigenvalue weighted by atomic mass is 35.5. The summed E-state index contributed by atoms with van der Waals surface area (Å²) >= 11 is 7.30. The van der Waals surface area contributed by atoms with Gasteiger partial charge in [0, 0.05) is 23.7 Å². The normalized spacial score (nSPS) is 11.0. The van der Waals surface area contributed by atoms with Crippen LogP contribution in [0.3, 0.4) is 0 Å². The summed E-state index contributed by atoms with van der Waals surface area (Å²) in [6.07, 6.45) is 0. The molecule has 1 aromatic carbocycles. The van der Waals surface area contributed by atoms with Gasteiger partial charge in [0.05, 0.1) is 18.9 Å². The van der Waals surface area contributed by atoms with Gasteiger partial charge in [-0.05, 0) is 38.1 Å². The predicted molar refractivity (Wildman–Crippen MR) is 96.3 cm³/mol. The Balaban J connectivity index is 2.18. The van der Waals surface area contributed by atoms with Gasteiger partial charge in [0.1, 0.15) is 0 Å². The van der Waals surface area contributed by atoms with Crippen LogP contribution in [0.4, 0.5) is 0 Å². The lowest BCUT2D eigenvalue weighted by Gasteiger charge is -2.10. The van der Waals surface area contributed by atoms with E-state index in [0.29, 0.717) is 29.1 Å². The van der Waals surface area contributed by atoms with Crippen LogP contribution in [0.5, 0.6) is 0 Å². The Labute approximate surface area is 150 Å². The Hall–Kier alpha value is -1.57. The zero-order valence-electron chi connectivity index (χ0n) is 14.0. The van der Waals surface area contributed by atoms with Crippen molar-refractivity contribution in [2.45, 2.75) is 31.6 Å². The van der Waals surface area contributed by atoms with Crippen molar-refractivity contribution in [1.29, 1.82) is 0 Å². The number of nitrogens with one attached hydrogen (secondary N) is 1. The smallest absolute Gasteiger partial charge is 0.230 e. The number of benzene rings is 1. The number of carbonyl (C=O) groups excluding carboxylic acids is 1. The molecule has 130 valence electrons. The molecule has 24 heavy (non-hydrogen) atoms. The molecule has 0 unspecified atom stereocenters. The molecule has 1 N–H and O–H groups in total. The lowest BCUT2D eigenvalue weighted by Crippen LogP contribution is -2.31. The zero-order valence-corrected chi connectivity index (χ0v) is 15.5. The van der Waals surface area contributed by atoms with Crippen molar-refractivity contribution in [2.75, 3.05) is 19.5 Å². The van der Waals surface area contributed by atoms with Gasteiger partial charge in [-0.1, -0.05) is 23.4 Å². The SMILES string of the molecule is COCCn1c(SCC(=O)NC(C)C)nnc1-c1ccc(Cl)cc1. The number of nitrogens with zero attached hydrogens (tertiary/aromatic N) is 3. The van der Waals surface area contributed by atoms with Crippen LogP contribution in [0.2, 0.25) is 5.02 Å². The van der Waals surface area contributed by atoms with Gasteiger partial charge in [0.2, 0.25) is 5.91 Å². The maximum Gasteiger partial charge on any atom is 0.230 e. The van der Waals surface area contributed by atoms with Crippen LogP contribution in [-0.2, 0) is 16.1 Å². The Morgan fingerprint density at radius 2 is 2.04 bits per heavy atom. The first kappa shape index (κ1) is 18.8. The first-order valence-corrected chi connectivity index (χ1v) is 8.98. The third-order valence-corrected chi connectivity index (χ3v) is 4.34. The molecule has 0 fully saturated rings. The number of hydrogen-bond donors (Lipinski definition) is 1. The van der Waals surface area contributed by atoms with Crippen molar-refractivity contribution >= 4 is 29.3 Å². The van der Waals surface area contributed by atoms with E-state index < -0.39 is 0 Å². The van der Waals surface area contributed by atoms with E-state index in [0.717, 1.165) is 11.4 Å². The average Bonchev–Trinajstić information content (AvgIpc) is 2.94. The molecule has 2 rings (SSSR count). The monoisotopic (exact) mass is 368 g/mol. The Bertz CT molecular complexity index is 673. The van der Waals surface area contributed by atoms with Crippen molar-refractivity contribution in [3.8, 4) is 11.4 Å². The summed E-state index contributed by atoms with van der Waals surface area (Å²) in [4.78, 5) is 11.8. The molecule has 1 amide bonds. The molecule has 0 saturated heterocycles. The third-order valence-electron chi connectivity index (χ3n) is 3.12. The molecule has 0 aliphatic carbocycles. The van der Waals surface area contributed by atoms with Gasteiger partial charge in [-0.3, -0.25) is 9.36 Å². The van der Waals surface area contributed by atoms with Crippen LogP contribution in [0.25, 0.3) is 11.4 Å². The highest BCUT2D eigenvalue weighted by Gasteiger charge is 2.15. The number of rotatable bonds is 8.